The monoisotopic (exact) mass is 371 g/mol. The number of carboxylic acid groups (broad SMARTS) is 1. The Kier molecular flexibility index (Phi) is 3.84. The highest BCUT2D eigenvalue weighted by molar-refractivity contribution is 14.1. The van der Waals surface area contributed by atoms with E-state index in [0.717, 1.165) is 3.57 Å². The second-order valence-corrected chi connectivity index (χ2v) is 5.10. The van der Waals surface area contributed by atoms with Gasteiger partial charge in [0.1, 0.15) is 0 Å². The van der Waals surface area contributed by atoms with Gasteiger partial charge in [0.05, 0.1) is 23.0 Å². The molecule has 1 aromatic heterocycles. The first-order valence-corrected chi connectivity index (χ1v) is 6.38. The van der Waals surface area contributed by atoms with Crippen LogP contribution in [-0.2, 0) is 7.05 Å². The van der Waals surface area contributed by atoms with Crippen molar-refractivity contribution in [2.75, 3.05) is 5.32 Å². The molecule has 0 fully saturated rings. The minimum Gasteiger partial charge on any atom is -0.478 e. The molecule has 0 spiro atoms. The molecule has 0 unspecified atom stereocenters. The van der Waals surface area contributed by atoms with E-state index in [2.05, 4.69) is 10.4 Å². The molecule has 7 heteroatoms. The van der Waals surface area contributed by atoms with Crippen LogP contribution in [-0.4, -0.2) is 26.8 Å². The Morgan fingerprint density at radius 1 is 1.42 bits per heavy atom. The van der Waals surface area contributed by atoms with E-state index in [9.17, 15) is 9.59 Å². The van der Waals surface area contributed by atoms with Crippen LogP contribution in [0.15, 0.2) is 30.6 Å². The molecule has 0 saturated carbocycles. The normalized spacial score (nSPS) is 10.2. The second kappa shape index (κ2) is 5.39. The quantitative estimate of drug-likeness (QED) is 0.809. The number of carboxylic acids is 1. The molecule has 0 aliphatic rings. The van der Waals surface area contributed by atoms with Gasteiger partial charge in [-0.2, -0.15) is 5.10 Å². The van der Waals surface area contributed by atoms with Crippen molar-refractivity contribution in [3.05, 3.63) is 45.3 Å². The number of nitrogens with zero attached hydrogens (tertiary/aromatic N) is 2. The average Bonchev–Trinajstić information content (AvgIpc) is 2.78. The molecular formula is C12H10IN3O3. The van der Waals surface area contributed by atoms with Crippen LogP contribution < -0.4 is 5.32 Å². The number of carbonyl (C=O) groups excluding carboxylic acids is 1. The average molecular weight is 371 g/mol. The molecule has 0 aliphatic carbocycles. The van der Waals surface area contributed by atoms with Crippen LogP contribution in [0.4, 0.5) is 5.69 Å². The van der Waals surface area contributed by atoms with E-state index in [0.29, 0.717) is 5.56 Å². The second-order valence-electron chi connectivity index (χ2n) is 3.85. The summed E-state index contributed by atoms with van der Waals surface area (Å²) in [5.74, 6) is -1.48. The van der Waals surface area contributed by atoms with Crippen LogP contribution in [0.5, 0.6) is 0 Å². The van der Waals surface area contributed by atoms with Gasteiger partial charge in [-0.1, -0.05) is 0 Å². The summed E-state index contributed by atoms with van der Waals surface area (Å²) in [7, 11) is 1.70. The van der Waals surface area contributed by atoms with Crippen LogP contribution in [0.3, 0.4) is 0 Å². The maximum absolute atomic E-state index is 11.9. The molecule has 0 aliphatic heterocycles. The van der Waals surface area contributed by atoms with E-state index >= 15 is 0 Å². The van der Waals surface area contributed by atoms with E-state index in [1.165, 1.54) is 16.9 Å². The standard InChI is InChI=1S/C12H10IN3O3/c1-16-6-7(5-14-16)11(17)15-10-3-2-8(13)4-9(10)12(18)19/h2-6H,1H3,(H,15,17)(H,18,19). The third-order valence-corrected chi connectivity index (χ3v) is 3.10. The van der Waals surface area contributed by atoms with Gasteiger partial charge in [0.15, 0.2) is 0 Å². The summed E-state index contributed by atoms with van der Waals surface area (Å²) in [6.45, 7) is 0. The van der Waals surface area contributed by atoms with Gasteiger partial charge in [0, 0.05) is 16.8 Å². The predicted molar refractivity (Wildman–Crippen MR) is 77.3 cm³/mol. The van der Waals surface area contributed by atoms with Crippen molar-refractivity contribution < 1.29 is 14.7 Å². The molecule has 0 saturated heterocycles. The number of benzene rings is 1. The Bertz CT molecular complexity index is 651. The predicted octanol–water partition coefficient (Wildman–Crippen LogP) is 1.98. The summed E-state index contributed by atoms with van der Waals surface area (Å²) in [6, 6.07) is 4.80. The fourth-order valence-corrected chi connectivity index (χ4v) is 2.03. The van der Waals surface area contributed by atoms with Crippen LogP contribution in [0, 0.1) is 3.57 Å². The number of nitrogens with one attached hydrogen (secondary N) is 1. The zero-order chi connectivity index (χ0) is 14.0. The lowest BCUT2D eigenvalue weighted by atomic mass is 10.1. The van der Waals surface area contributed by atoms with Gasteiger partial charge >= 0.3 is 5.97 Å². The first-order chi connectivity index (χ1) is 8.97. The molecule has 0 atom stereocenters. The Labute approximate surface area is 122 Å². The Morgan fingerprint density at radius 2 is 2.16 bits per heavy atom. The number of aryl methyl sites for hydroxylation is 1. The third-order valence-electron chi connectivity index (χ3n) is 2.43. The Hall–Kier alpha value is -1.90. The zero-order valence-electron chi connectivity index (χ0n) is 9.92. The van der Waals surface area contributed by atoms with Gasteiger partial charge in [-0.25, -0.2) is 4.79 Å². The molecule has 19 heavy (non-hydrogen) atoms. The lowest BCUT2D eigenvalue weighted by Gasteiger charge is -2.07. The summed E-state index contributed by atoms with van der Waals surface area (Å²) >= 11 is 2.01. The number of hydrogen-bond acceptors (Lipinski definition) is 3. The van der Waals surface area contributed by atoms with E-state index < -0.39 is 11.9 Å². The maximum atomic E-state index is 11.9. The molecule has 2 N–H and O–H groups in total. The molecule has 1 amide bonds. The van der Waals surface area contributed by atoms with Gasteiger partial charge in [0.25, 0.3) is 5.91 Å². The fraction of sp³-hybridized carbons (Fsp3) is 0.0833. The molecule has 0 bridgehead atoms. The van der Waals surface area contributed by atoms with Crippen LogP contribution in [0.2, 0.25) is 0 Å². The molecular weight excluding hydrogens is 361 g/mol. The van der Waals surface area contributed by atoms with E-state index in [1.54, 1.807) is 25.4 Å². The number of carbonyl (C=O) groups is 2. The van der Waals surface area contributed by atoms with Crippen molar-refractivity contribution in [2.24, 2.45) is 7.05 Å². The fourth-order valence-electron chi connectivity index (χ4n) is 1.54. The largest absolute Gasteiger partial charge is 0.478 e. The van der Waals surface area contributed by atoms with Gasteiger partial charge in [0.2, 0.25) is 0 Å². The van der Waals surface area contributed by atoms with Crippen molar-refractivity contribution in [2.45, 2.75) is 0 Å². The molecule has 1 heterocycles. The lowest BCUT2D eigenvalue weighted by molar-refractivity contribution is 0.0698. The summed E-state index contributed by atoms with van der Waals surface area (Å²) < 4.78 is 2.29. The lowest BCUT2D eigenvalue weighted by Crippen LogP contribution is -2.14. The van der Waals surface area contributed by atoms with Crippen molar-refractivity contribution >= 4 is 40.2 Å². The van der Waals surface area contributed by atoms with Gasteiger partial charge in [-0.05, 0) is 40.8 Å². The highest BCUT2D eigenvalue weighted by atomic mass is 127. The number of rotatable bonds is 3. The van der Waals surface area contributed by atoms with Crippen molar-refractivity contribution in [3.63, 3.8) is 0 Å². The summed E-state index contributed by atoms with van der Waals surface area (Å²) in [5.41, 5.74) is 0.697. The minimum absolute atomic E-state index is 0.0594. The van der Waals surface area contributed by atoms with Gasteiger partial charge in [-0.15, -0.1) is 0 Å². The summed E-state index contributed by atoms with van der Waals surface area (Å²) in [5, 5.41) is 15.6. The van der Waals surface area contributed by atoms with E-state index in [1.807, 2.05) is 22.6 Å². The minimum atomic E-state index is -1.08. The number of aromatic nitrogens is 2. The van der Waals surface area contributed by atoms with E-state index in [-0.39, 0.29) is 11.3 Å². The highest BCUT2D eigenvalue weighted by Gasteiger charge is 2.14. The van der Waals surface area contributed by atoms with Crippen LogP contribution in [0.25, 0.3) is 0 Å². The first kappa shape index (κ1) is 13.5. The van der Waals surface area contributed by atoms with Crippen LogP contribution in [0.1, 0.15) is 20.7 Å². The molecule has 2 rings (SSSR count). The van der Waals surface area contributed by atoms with Crippen molar-refractivity contribution in [1.29, 1.82) is 0 Å². The smallest absolute Gasteiger partial charge is 0.337 e. The number of anilines is 1. The number of amides is 1. The molecule has 1 aromatic carbocycles. The zero-order valence-corrected chi connectivity index (χ0v) is 12.1. The molecule has 2 aromatic rings. The first-order valence-electron chi connectivity index (χ1n) is 5.30. The van der Waals surface area contributed by atoms with Crippen molar-refractivity contribution in [3.8, 4) is 0 Å². The SMILES string of the molecule is Cn1cc(C(=O)Nc2ccc(I)cc2C(=O)O)cn1. The van der Waals surface area contributed by atoms with Crippen LogP contribution >= 0.6 is 22.6 Å². The maximum Gasteiger partial charge on any atom is 0.337 e. The highest BCUT2D eigenvalue weighted by Crippen LogP contribution is 2.19. The third kappa shape index (κ3) is 3.11. The van der Waals surface area contributed by atoms with E-state index in [4.69, 9.17) is 5.11 Å². The summed E-state index contributed by atoms with van der Waals surface area (Å²) in [6.07, 6.45) is 2.98. The van der Waals surface area contributed by atoms with Crippen molar-refractivity contribution in [1.82, 2.24) is 9.78 Å². The molecule has 6 nitrogen and oxygen atoms in total. The summed E-state index contributed by atoms with van der Waals surface area (Å²) in [4.78, 5) is 23.1. The Balaban J connectivity index is 2.28. The number of hydrogen-bond donors (Lipinski definition) is 2. The van der Waals surface area contributed by atoms with Gasteiger partial charge in [-0.3, -0.25) is 9.48 Å². The topological polar surface area (TPSA) is 84.2 Å². The molecule has 98 valence electrons. The number of aromatic carboxylic acids is 1. The Morgan fingerprint density at radius 3 is 2.74 bits per heavy atom. The van der Waals surface area contributed by atoms with Gasteiger partial charge < -0.3 is 10.4 Å². The molecule has 0 radical (unpaired) electrons. The number of halogens is 1.